The average molecular weight is 454 g/mol. The van der Waals surface area contributed by atoms with Crippen LogP contribution in [0.2, 0.25) is 0 Å². The largest absolute Gasteiger partial charge is 0.383 e. The van der Waals surface area contributed by atoms with Gasteiger partial charge in [-0.15, -0.1) is 0 Å². The van der Waals surface area contributed by atoms with Gasteiger partial charge in [0.05, 0.1) is 23.7 Å². The van der Waals surface area contributed by atoms with Crippen LogP contribution in [0.3, 0.4) is 0 Å². The number of amides is 1. The highest BCUT2D eigenvalue weighted by molar-refractivity contribution is 7.91. The third-order valence-electron chi connectivity index (χ3n) is 4.80. The number of rotatable bonds is 10. The number of nitrogens with zero attached hydrogens (tertiary/aromatic N) is 1. The zero-order chi connectivity index (χ0) is 23.0. The Morgan fingerprint density at radius 3 is 2.28 bits per heavy atom. The summed E-state index contributed by atoms with van der Waals surface area (Å²) < 4.78 is 33.6. The van der Waals surface area contributed by atoms with Gasteiger partial charge in [-0.25, -0.2) is 8.42 Å². The Labute approximate surface area is 189 Å². The van der Waals surface area contributed by atoms with Crippen molar-refractivity contribution < 1.29 is 17.9 Å². The number of hydrogen-bond donors (Lipinski definition) is 2. The number of ether oxygens (including phenoxy) is 1. The third kappa shape index (κ3) is 6.57. The molecule has 0 spiro atoms. The van der Waals surface area contributed by atoms with Crippen molar-refractivity contribution in [2.75, 3.05) is 42.2 Å². The van der Waals surface area contributed by atoms with Crippen LogP contribution in [0.4, 0.5) is 17.1 Å². The molecule has 8 heteroatoms. The molecule has 32 heavy (non-hydrogen) atoms. The van der Waals surface area contributed by atoms with Crippen molar-refractivity contribution >= 4 is 33.0 Å². The lowest BCUT2D eigenvalue weighted by molar-refractivity contribution is 0.102. The van der Waals surface area contributed by atoms with E-state index in [4.69, 9.17) is 4.74 Å². The summed E-state index contributed by atoms with van der Waals surface area (Å²) in [4.78, 5) is 14.6. The molecule has 0 bridgehead atoms. The lowest BCUT2D eigenvalue weighted by atomic mass is 10.1. The van der Waals surface area contributed by atoms with Gasteiger partial charge < -0.3 is 15.0 Å². The molecule has 0 heterocycles. The molecular formula is C24H27N3O4S. The SMILES string of the molecule is COCCN(C)c1ccc(C(=O)Nc2ccccc2)cc1NS(=O)(=O)Cc1ccccc1. The van der Waals surface area contributed by atoms with Crippen LogP contribution < -0.4 is 14.9 Å². The normalized spacial score (nSPS) is 11.1. The molecule has 168 valence electrons. The molecule has 1 amide bonds. The standard InChI is InChI=1S/C24H27N3O4S/c1-27(15-16-31-2)23-14-13-20(24(28)25-21-11-7-4-8-12-21)17-22(23)26-32(29,30)18-19-9-5-3-6-10-19/h3-14,17,26H,15-16,18H2,1-2H3,(H,25,28). The maximum Gasteiger partial charge on any atom is 0.255 e. The maximum absolute atomic E-state index is 12.9. The molecule has 0 saturated heterocycles. The molecule has 3 rings (SSSR count). The number of methoxy groups -OCH3 is 1. The quantitative estimate of drug-likeness (QED) is 0.485. The van der Waals surface area contributed by atoms with E-state index >= 15 is 0 Å². The molecule has 0 unspecified atom stereocenters. The van der Waals surface area contributed by atoms with Crippen LogP contribution in [0.25, 0.3) is 0 Å². The van der Waals surface area contributed by atoms with E-state index in [0.29, 0.717) is 41.3 Å². The highest BCUT2D eigenvalue weighted by atomic mass is 32.2. The molecule has 0 atom stereocenters. The molecular weight excluding hydrogens is 426 g/mol. The second kappa shape index (κ2) is 10.8. The Balaban J connectivity index is 1.89. The first-order chi connectivity index (χ1) is 15.4. The number of carbonyl (C=O) groups excluding carboxylic acids is 1. The molecule has 0 radical (unpaired) electrons. The van der Waals surface area contributed by atoms with Crippen molar-refractivity contribution in [3.05, 3.63) is 90.0 Å². The number of sulfonamides is 1. The van der Waals surface area contributed by atoms with Gasteiger partial charge in [0.2, 0.25) is 10.0 Å². The second-order valence-electron chi connectivity index (χ2n) is 7.31. The number of likely N-dealkylation sites (N-methyl/N-ethyl adjacent to an activating group) is 1. The smallest absolute Gasteiger partial charge is 0.255 e. The van der Waals surface area contributed by atoms with Gasteiger partial charge in [0.25, 0.3) is 5.91 Å². The van der Waals surface area contributed by atoms with Gasteiger partial charge in [0.15, 0.2) is 0 Å². The van der Waals surface area contributed by atoms with Crippen molar-refractivity contribution in [3.8, 4) is 0 Å². The van der Waals surface area contributed by atoms with Gasteiger partial charge in [0.1, 0.15) is 0 Å². The van der Waals surface area contributed by atoms with Crippen LogP contribution >= 0.6 is 0 Å². The second-order valence-corrected chi connectivity index (χ2v) is 9.04. The topological polar surface area (TPSA) is 87.7 Å². The minimum atomic E-state index is -3.71. The van der Waals surface area contributed by atoms with E-state index in [1.54, 1.807) is 61.7 Å². The molecule has 0 aliphatic heterocycles. The van der Waals surface area contributed by atoms with E-state index in [1.807, 2.05) is 36.2 Å². The lowest BCUT2D eigenvalue weighted by Crippen LogP contribution is -2.25. The van der Waals surface area contributed by atoms with Crippen molar-refractivity contribution in [3.63, 3.8) is 0 Å². The summed E-state index contributed by atoms with van der Waals surface area (Å²) in [7, 11) is -0.259. The van der Waals surface area contributed by atoms with Crippen LogP contribution in [0.15, 0.2) is 78.9 Å². The molecule has 0 saturated carbocycles. The predicted molar refractivity (Wildman–Crippen MR) is 129 cm³/mol. The fourth-order valence-corrected chi connectivity index (χ4v) is 4.36. The van der Waals surface area contributed by atoms with E-state index in [1.165, 1.54) is 0 Å². The van der Waals surface area contributed by atoms with Crippen LogP contribution in [-0.4, -0.2) is 41.6 Å². The number of nitrogens with one attached hydrogen (secondary N) is 2. The number of carbonyl (C=O) groups is 1. The molecule has 7 nitrogen and oxygen atoms in total. The van der Waals surface area contributed by atoms with Crippen LogP contribution in [-0.2, 0) is 20.5 Å². The highest BCUT2D eigenvalue weighted by Crippen LogP contribution is 2.28. The first-order valence-corrected chi connectivity index (χ1v) is 11.8. The van der Waals surface area contributed by atoms with E-state index in [2.05, 4.69) is 10.0 Å². The summed E-state index contributed by atoms with van der Waals surface area (Å²) >= 11 is 0. The Hall–Kier alpha value is -3.36. The molecule has 0 aromatic heterocycles. The van der Waals surface area contributed by atoms with Gasteiger partial charge >= 0.3 is 0 Å². The summed E-state index contributed by atoms with van der Waals surface area (Å²) in [5.41, 5.74) is 2.66. The highest BCUT2D eigenvalue weighted by Gasteiger charge is 2.18. The zero-order valence-electron chi connectivity index (χ0n) is 18.1. The number of hydrogen-bond acceptors (Lipinski definition) is 5. The molecule has 0 aliphatic carbocycles. The minimum absolute atomic E-state index is 0.171. The van der Waals surface area contributed by atoms with Gasteiger partial charge in [-0.3, -0.25) is 9.52 Å². The summed E-state index contributed by atoms with van der Waals surface area (Å²) in [5, 5.41) is 2.82. The summed E-state index contributed by atoms with van der Waals surface area (Å²) in [5.74, 6) is -0.499. The van der Waals surface area contributed by atoms with Crippen LogP contribution in [0.1, 0.15) is 15.9 Å². The first-order valence-electron chi connectivity index (χ1n) is 10.1. The average Bonchev–Trinajstić information content (AvgIpc) is 2.78. The van der Waals surface area contributed by atoms with Crippen molar-refractivity contribution in [2.45, 2.75) is 5.75 Å². The number of para-hydroxylation sites is 1. The van der Waals surface area contributed by atoms with Gasteiger partial charge in [-0.05, 0) is 35.9 Å². The molecule has 3 aromatic carbocycles. The Morgan fingerprint density at radius 1 is 0.969 bits per heavy atom. The minimum Gasteiger partial charge on any atom is -0.383 e. The Kier molecular flexibility index (Phi) is 7.86. The van der Waals surface area contributed by atoms with Gasteiger partial charge in [0, 0.05) is 32.0 Å². The number of anilines is 3. The zero-order valence-corrected chi connectivity index (χ0v) is 18.9. The summed E-state index contributed by atoms with van der Waals surface area (Å²) in [6.07, 6.45) is 0. The molecule has 3 aromatic rings. The Bertz CT molecular complexity index is 1140. The van der Waals surface area contributed by atoms with Crippen LogP contribution in [0, 0.1) is 0 Å². The monoisotopic (exact) mass is 453 g/mol. The van der Waals surface area contributed by atoms with Crippen molar-refractivity contribution in [1.29, 1.82) is 0 Å². The van der Waals surface area contributed by atoms with E-state index in [0.717, 1.165) is 0 Å². The van der Waals surface area contributed by atoms with Gasteiger partial charge in [-0.2, -0.15) is 0 Å². The fourth-order valence-electron chi connectivity index (χ4n) is 3.16. The Morgan fingerprint density at radius 2 is 1.62 bits per heavy atom. The molecule has 2 N–H and O–H groups in total. The van der Waals surface area contributed by atoms with Crippen molar-refractivity contribution in [2.24, 2.45) is 0 Å². The van der Waals surface area contributed by atoms with E-state index in [-0.39, 0.29) is 11.7 Å². The number of benzene rings is 3. The van der Waals surface area contributed by atoms with Gasteiger partial charge in [-0.1, -0.05) is 48.5 Å². The summed E-state index contributed by atoms with van der Waals surface area (Å²) in [6.45, 7) is 1.03. The van der Waals surface area contributed by atoms with Crippen LogP contribution in [0.5, 0.6) is 0 Å². The first kappa shape index (κ1) is 23.3. The van der Waals surface area contributed by atoms with E-state index < -0.39 is 10.0 Å². The maximum atomic E-state index is 12.9. The molecule has 0 fully saturated rings. The predicted octanol–water partition coefficient (Wildman–Crippen LogP) is 3.96. The van der Waals surface area contributed by atoms with Crippen molar-refractivity contribution in [1.82, 2.24) is 0 Å². The van der Waals surface area contributed by atoms with E-state index in [9.17, 15) is 13.2 Å². The fraction of sp³-hybridized carbons (Fsp3) is 0.208. The molecule has 0 aliphatic rings. The third-order valence-corrected chi connectivity index (χ3v) is 6.04. The summed E-state index contributed by atoms with van der Waals surface area (Å²) in [6, 6.07) is 23.0. The lowest BCUT2D eigenvalue weighted by Gasteiger charge is -2.23.